The first-order valence-corrected chi connectivity index (χ1v) is 9.60. The van der Waals surface area contributed by atoms with Gasteiger partial charge in [0.05, 0.1) is 25.2 Å². The van der Waals surface area contributed by atoms with Crippen LogP contribution in [0, 0.1) is 12.8 Å². The summed E-state index contributed by atoms with van der Waals surface area (Å²) in [6, 6.07) is 3.93. The maximum Gasteiger partial charge on any atom is 0.225 e. The number of furan rings is 1. The molecule has 0 aromatic carbocycles. The number of hydrogen-bond acceptors (Lipinski definition) is 6. The van der Waals surface area contributed by atoms with E-state index in [0.717, 1.165) is 23.2 Å². The Morgan fingerprint density at radius 3 is 2.85 bits per heavy atom. The molecular formula is C19H27N5O3. The van der Waals surface area contributed by atoms with E-state index in [-0.39, 0.29) is 24.0 Å². The molecule has 0 spiro atoms. The van der Waals surface area contributed by atoms with Crippen molar-refractivity contribution in [2.75, 3.05) is 13.1 Å². The van der Waals surface area contributed by atoms with Crippen molar-refractivity contribution in [2.24, 2.45) is 5.92 Å². The summed E-state index contributed by atoms with van der Waals surface area (Å²) in [7, 11) is 0. The lowest BCUT2D eigenvalue weighted by atomic mass is 10.1. The average molecular weight is 373 g/mol. The minimum Gasteiger partial charge on any atom is -0.465 e. The second kappa shape index (κ2) is 7.09. The molecule has 2 aliphatic rings. The molecule has 2 atom stereocenters. The Hall–Kier alpha value is -2.19. The highest BCUT2D eigenvalue weighted by Gasteiger charge is 2.37. The summed E-state index contributed by atoms with van der Waals surface area (Å²) >= 11 is 0. The quantitative estimate of drug-likeness (QED) is 0.874. The number of β-amino-alcohol motifs (C(OH)–C–C–N with tert-alkyl or cyclic N) is 1. The number of aliphatic hydroxyl groups excluding tert-OH is 1. The first-order valence-electron chi connectivity index (χ1n) is 9.60. The highest BCUT2D eigenvalue weighted by atomic mass is 16.3. The third-order valence-electron chi connectivity index (χ3n) is 5.42. The van der Waals surface area contributed by atoms with Gasteiger partial charge in [0.25, 0.3) is 0 Å². The zero-order valence-corrected chi connectivity index (χ0v) is 16.1. The molecule has 8 heteroatoms. The summed E-state index contributed by atoms with van der Waals surface area (Å²) in [4.78, 5) is 16.3. The van der Waals surface area contributed by atoms with Crippen LogP contribution in [0.25, 0.3) is 0 Å². The van der Waals surface area contributed by atoms with E-state index >= 15 is 0 Å². The van der Waals surface area contributed by atoms with Gasteiger partial charge in [-0.2, -0.15) is 0 Å². The average Bonchev–Trinajstić information content (AvgIpc) is 3.32. The van der Waals surface area contributed by atoms with Crippen molar-refractivity contribution >= 4 is 5.91 Å². The third-order valence-corrected chi connectivity index (χ3v) is 5.42. The molecule has 4 heterocycles. The Bertz CT molecular complexity index is 827. The number of rotatable bonds is 4. The Labute approximate surface area is 158 Å². The number of likely N-dealkylation sites (tertiary alicyclic amines) is 1. The molecule has 1 saturated heterocycles. The summed E-state index contributed by atoms with van der Waals surface area (Å²) in [5.74, 6) is 3.60. The van der Waals surface area contributed by atoms with Crippen LogP contribution in [0.5, 0.6) is 0 Å². The highest BCUT2D eigenvalue weighted by molar-refractivity contribution is 5.78. The molecule has 0 unspecified atom stereocenters. The molecule has 4 rings (SSSR count). The standard InChI is InChI=1S/C19H27N5O3/c1-12(2)19(26)22-6-7-24-17(11-22)20-21-18(24)16-8-14(25)9-23(16)10-15-5-4-13(3)27-15/h4-5,12,14,16,25H,6-11H2,1-3H3/t14-,16-/m0/s1. The van der Waals surface area contributed by atoms with Gasteiger partial charge in [0.15, 0.2) is 11.6 Å². The molecule has 8 nitrogen and oxygen atoms in total. The van der Waals surface area contributed by atoms with Crippen molar-refractivity contribution in [3.05, 3.63) is 35.3 Å². The molecule has 0 saturated carbocycles. The van der Waals surface area contributed by atoms with Crippen LogP contribution in [0.15, 0.2) is 16.5 Å². The lowest BCUT2D eigenvalue weighted by molar-refractivity contribution is -0.136. The van der Waals surface area contributed by atoms with E-state index in [1.807, 2.05) is 37.8 Å². The van der Waals surface area contributed by atoms with Gasteiger partial charge in [-0.3, -0.25) is 9.69 Å². The summed E-state index contributed by atoms with van der Waals surface area (Å²) in [5.41, 5.74) is 0. The minimum absolute atomic E-state index is 0.000920. The number of carbonyl (C=O) groups excluding carboxylic acids is 1. The van der Waals surface area contributed by atoms with Crippen molar-refractivity contribution in [3.8, 4) is 0 Å². The molecule has 0 bridgehead atoms. The van der Waals surface area contributed by atoms with Gasteiger partial charge in [-0.15, -0.1) is 10.2 Å². The number of amides is 1. The van der Waals surface area contributed by atoms with Gasteiger partial charge in [0.1, 0.15) is 11.5 Å². The Morgan fingerprint density at radius 1 is 1.33 bits per heavy atom. The maximum atomic E-state index is 12.3. The first kappa shape index (κ1) is 18.2. The van der Waals surface area contributed by atoms with Gasteiger partial charge in [-0.05, 0) is 25.5 Å². The third kappa shape index (κ3) is 3.51. The Morgan fingerprint density at radius 2 is 2.15 bits per heavy atom. The van der Waals surface area contributed by atoms with Crippen LogP contribution < -0.4 is 0 Å². The van der Waals surface area contributed by atoms with Crippen LogP contribution in [0.3, 0.4) is 0 Å². The SMILES string of the molecule is Cc1ccc(CN2C[C@@H](O)C[C@H]2c2nnc3n2CCN(C(=O)C(C)C)C3)o1. The van der Waals surface area contributed by atoms with E-state index in [2.05, 4.69) is 19.7 Å². The van der Waals surface area contributed by atoms with Crippen molar-refractivity contribution in [2.45, 2.75) is 59.0 Å². The van der Waals surface area contributed by atoms with E-state index in [4.69, 9.17) is 4.42 Å². The van der Waals surface area contributed by atoms with Gasteiger partial charge < -0.3 is 19.0 Å². The maximum absolute atomic E-state index is 12.3. The number of aliphatic hydroxyl groups is 1. The molecule has 2 aromatic rings. The minimum atomic E-state index is -0.387. The topological polar surface area (TPSA) is 87.6 Å². The van der Waals surface area contributed by atoms with Gasteiger partial charge >= 0.3 is 0 Å². The monoisotopic (exact) mass is 373 g/mol. The zero-order valence-electron chi connectivity index (χ0n) is 16.1. The first-order chi connectivity index (χ1) is 12.9. The Kier molecular flexibility index (Phi) is 4.77. The van der Waals surface area contributed by atoms with Crippen LogP contribution in [0.1, 0.15) is 49.5 Å². The zero-order chi connectivity index (χ0) is 19.1. The summed E-state index contributed by atoms with van der Waals surface area (Å²) < 4.78 is 7.83. The lowest BCUT2D eigenvalue weighted by Crippen LogP contribution is -2.41. The Balaban J connectivity index is 1.54. The molecule has 0 aliphatic carbocycles. The molecule has 146 valence electrons. The largest absolute Gasteiger partial charge is 0.465 e. The van der Waals surface area contributed by atoms with Crippen molar-refractivity contribution in [1.82, 2.24) is 24.6 Å². The fourth-order valence-corrected chi connectivity index (χ4v) is 4.07. The van der Waals surface area contributed by atoms with Gasteiger partial charge in [-0.1, -0.05) is 13.8 Å². The molecule has 27 heavy (non-hydrogen) atoms. The van der Waals surface area contributed by atoms with Gasteiger partial charge in [0, 0.05) is 25.6 Å². The number of hydrogen-bond donors (Lipinski definition) is 1. The summed E-state index contributed by atoms with van der Waals surface area (Å²) in [5, 5.41) is 19.0. The molecule has 2 aliphatic heterocycles. The second-order valence-corrected chi connectivity index (χ2v) is 7.89. The number of carbonyl (C=O) groups is 1. The van der Waals surface area contributed by atoms with Crippen LogP contribution >= 0.6 is 0 Å². The second-order valence-electron chi connectivity index (χ2n) is 7.89. The van der Waals surface area contributed by atoms with Crippen LogP contribution in [-0.2, 0) is 24.4 Å². The number of fused-ring (bicyclic) bond motifs is 1. The van der Waals surface area contributed by atoms with E-state index < -0.39 is 0 Å². The van der Waals surface area contributed by atoms with Crippen molar-refractivity contribution in [1.29, 1.82) is 0 Å². The molecule has 2 aromatic heterocycles. The predicted octanol–water partition coefficient (Wildman–Crippen LogP) is 1.49. The van der Waals surface area contributed by atoms with E-state index in [1.165, 1.54) is 0 Å². The normalized spacial score (nSPS) is 23.2. The molecule has 0 radical (unpaired) electrons. The van der Waals surface area contributed by atoms with Gasteiger partial charge in [0.2, 0.25) is 5.91 Å². The van der Waals surface area contributed by atoms with Crippen LogP contribution in [0.2, 0.25) is 0 Å². The number of aromatic nitrogens is 3. The molecule has 1 fully saturated rings. The van der Waals surface area contributed by atoms with E-state index in [9.17, 15) is 9.90 Å². The van der Waals surface area contributed by atoms with Crippen molar-refractivity contribution < 1.29 is 14.3 Å². The molecular weight excluding hydrogens is 346 g/mol. The van der Waals surface area contributed by atoms with E-state index in [1.54, 1.807) is 0 Å². The summed E-state index contributed by atoms with van der Waals surface area (Å²) in [6.07, 6.45) is 0.244. The van der Waals surface area contributed by atoms with Crippen LogP contribution in [-0.4, -0.2) is 54.8 Å². The molecule has 1 amide bonds. The molecule has 1 N–H and O–H groups in total. The lowest BCUT2D eigenvalue weighted by Gasteiger charge is -2.30. The summed E-state index contributed by atoms with van der Waals surface area (Å²) in [6.45, 7) is 8.84. The smallest absolute Gasteiger partial charge is 0.225 e. The van der Waals surface area contributed by atoms with Crippen LogP contribution in [0.4, 0.5) is 0 Å². The van der Waals surface area contributed by atoms with Gasteiger partial charge in [-0.25, -0.2) is 0 Å². The van der Waals surface area contributed by atoms with Crippen molar-refractivity contribution in [3.63, 3.8) is 0 Å². The predicted molar refractivity (Wildman–Crippen MR) is 97.5 cm³/mol. The fourth-order valence-electron chi connectivity index (χ4n) is 4.07. The highest BCUT2D eigenvalue weighted by Crippen LogP contribution is 2.34. The number of nitrogens with zero attached hydrogens (tertiary/aromatic N) is 5. The fraction of sp³-hybridized carbons (Fsp3) is 0.632. The number of aryl methyl sites for hydroxylation is 1. The van der Waals surface area contributed by atoms with E-state index in [0.29, 0.717) is 39.1 Å².